The van der Waals surface area contributed by atoms with Crippen molar-refractivity contribution in [3.8, 4) is 11.5 Å². The molecule has 1 amide bonds. The number of ether oxygens (including phenoxy) is 2. The fourth-order valence-electron chi connectivity index (χ4n) is 3.40. The van der Waals surface area contributed by atoms with Gasteiger partial charge in [0.25, 0.3) is 5.91 Å². The Labute approximate surface area is 217 Å². The molecule has 1 heterocycles. The van der Waals surface area contributed by atoms with E-state index in [2.05, 4.69) is 52.0 Å². The molecular formula is C27H25IN2O3S. The largest absolute Gasteiger partial charge is 0.490 e. The predicted octanol–water partition coefficient (Wildman–Crippen LogP) is 6.78. The summed E-state index contributed by atoms with van der Waals surface area (Å²) in [5.41, 5.74) is 5.13. The molecule has 1 fully saturated rings. The Balaban J connectivity index is 1.55. The van der Waals surface area contributed by atoms with Gasteiger partial charge in [-0.2, -0.15) is 0 Å². The number of nitrogens with one attached hydrogen (secondary N) is 1. The second-order valence-electron chi connectivity index (χ2n) is 7.86. The highest BCUT2D eigenvalue weighted by Crippen LogP contribution is 2.37. The molecule has 0 bridgehead atoms. The number of carbonyl (C=O) groups excluding carboxylic acids is 1. The molecule has 0 saturated carbocycles. The smallest absolute Gasteiger partial charge is 0.264 e. The zero-order chi connectivity index (χ0) is 24.1. The number of aliphatic imine (C=N–C) groups is 1. The van der Waals surface area contributed by atoms with E-state index in [1.807, 2.05) is 68.5 Å². The van der Waals surface area contributed by atoms with E-state index in [0.29, 0.717) is 34.8 Å². The van der Waals surface area contributed by atoms with Crippen LogP contribution in [0.2, 0.25) is 0 Å². The van der Waals surface area contributed by atoms with Crippen LogP contribution in [0.3, 0.4) is 0 Å². The number of carbonyl (C=O) groups is 1. The van der Waals surface area contributed by atoms with E-state index in [4.69, 9.17) is 9.47 Å². The van der Waals surface area contributed by atoms with Crippen molar-refractivity contribution in [3.05, 3.63) is 91.4 Å². The van der Waals surface area contributed by atoms with Crippen molar-refractivity contribution in [1.29, 1.82) is 0 Å². The number of benzene rings is 3. The number of nitrogens with zero attached hydrogens (tertiary/aromatic N) is 1. The fraction of sp³-hybridized carbons (Fsp3) is 0.185. The van der Waals surface area contributed by atoms with E-state index < -0.39 is 0 Å². The van der Waals surface area contributed by atoms with Crippen LogP contribution in [-0.4, -0.2) is 17.7 Å². The predicted molar refractivity (Wildman–Crippen MR) is 148 cm³/mol. The molecule has 1 saturated heterocycles. The van der Waals surface area contributed by atoms with Crippen molar-refractivity contribution < 1.29 is 14.3 Å². The molecular weight excluding hydrogens is 559 g/mol. The molecule has 1 aliphatic heterocycles. The second kappa shape index (κ2) is 11.1. The Morgan fingerprint density at radius 3 is 2.56 bits per heavy atom. The number of amidine groups is 1. The minimum atomic E-state index is -0.163. The first-order valence-corrected chi connectivity index (χ1v) is 12.8. The van der Waals surface area contributed by atoms with Crippen LogP contribution in [0.15, 0.2) is 70.6 Å². The van der Waals surface area contributed by atoms with Crippen molar-refractivity contribution in [2.45, 2.75) is 27.4 Å². The highest BCUT2D eigenvalue weighted by molar-refractivity contribution is 14.1. The molecule has 4 rings (SSSR count). The lowest BCUT2D eigenvalue weighted by molar-refractivity contribution is -0.115. The Morgan fingerprint density at radius 1 is 1.03 bits per heavy atom. The summed E-state index contributed by atoms with van der Waals surface area (Å²) >= 11 is 3.58. The van der Waals surface area contributed by atoms with Crippen molar-refractivity contribution >= 4 is 57.2 Å². The summed E-state index contributed by atoms with van der Waals surface area (Å²) in [7, 11) is 0. The number of hydrogen-bond donors (Lipinski definition) is 1. The van der Waals surface area contributed by atoms with Gasteiger partial charge in [0.2, 0.25) is 0 Å². The molecule has 1 N–H and O–H groups in total. The third-order valence-electron chi connectivity index (χ3n) is 5.01. The topological polar surface area (TPSA) is 59.9 Å². The molecule has 0 atom stereocenters. The summed E-state index contributed by atoms with van der Waals surface area (Å²) in [5.74, 6) is 1.20. The van der Waals surface area contributed by atoms with Gasteiger partial charge < -0.3 is 14.8 Å². The van der Waals surface area contributed by atoms with Crippen LogP contribution < -0.4 is 14.8 Å². The summed E-state index contributed by atoms with van der Waals surface area (Å²) < 4.78 is 12.9. The first kappa shape index (κ1) is 24.3. The van der Waals surface area contributed by atoms with Crippen molar-refractivity contribution in [2.24, 2.45) is 4.99 Å². The van der Waals surface area contributed by atoms with E-state index >= 15 is 0 Å². The number of hydrogen-bond acceptors (Lipinski definition) is 5. The molecule has 0 radical (unpaired) electrons. The van der Waals surface area contributed by atoms with Gasteiger partial charge >= 0.3 is 0 Å². The third-order valence-corrected chi connectivity index (χ3v) is 6.72. The molecule has 7 heteroatoms. The van der Waals surface area contributed by atoms with Crippen molar-refractivity contribution in [2.75, 3.05) is 6.61 Å². The van der Waals surface area contributed by atoms with Gasteiger partial charge in [-0.15, -0.1) is 0 Å². The van der Waals surface area contributed by atoms with Crippen LogP contribution >= 0.6 is 34.4 Å². The van der Waals surface area contributed by atoms with Gasteiger partial charge in [-0.1, -0.05) is 47.5 Å². The Bertz CT molecular complexity index is 1270. The quantitative estimate of drug-likeness (QED) is 0.246. The van der Waals surface area contributed by atoms with E-state index in [-0.39, 0.29) is 5.91 Å². The van der Waals surface area contributed by atoms with Gasteiger partial charge in [0.1, 0.15) is 6.61 Å². The summed E-state index contributed by atoms with van der Waals surface area (Å²) in [5, 5.41) is 3.41. The van der Waals surface area contributed by atoms with E-state index in [9.17, 15) is 4.79 Å². The van der Waals surface area contributed by atoms with E-state index in [0.717, 1.165) is 20.4 Å². The summed E-state index contributed by atoms with van der Waals surface area (Å²) in [6.07, 6.45) is 1.85. The maximum atomic E-state index is 12.5. The zero-order valence-corrected chi connectivity index (χ0v) is 22.2. The molecule has 174 valence electrons. The molecule has 1 aliphatic rings. The molecule has 0 unspecified atom stereocenters. The Kier molecular flexibility index (Phi) is 7.95. The number of halogens is 1. The molecule has 0 spiro atoms. The highest BCUT2D eigenvalue weighted by Gasteiger charge is 2.24. The maximum Gasteiger partial charge on any atom is 0.264 e. The molecule has 0 aliphatic carbocycles. The third kappa shape index (κ3) is 6.21. The highest BCUT2D eigenvalue weighted by atomic mass is 127. The Morgan fingerprint density at radius 2 is 1.82 bits per heavy atom. The van der Waals surface area contributed by atoms with Crippen LogP contribution in [0.5, 0.6) is 11.5 Å². The number of aryl methyl sites for hydroxylation is 2. The number of thioether (sulfide) groups is 1. The monoisotopic (exact) mass is 584 g/mol. The lowest BCUT2D eigenvalue weighted by Gasteiger charge is -2.15. The van der Waals surface area contributed by atoms with Gasteiger partial charge in [-0.05, 0) is 96.6 Å². The normalized spacial score (nSPS) is 15.6. The fourth-order valence-corrected chi connectivity index (χ4v) is 5.02. The lowest BCUT2D eigenvalue weighted by Crippen LogP contribution is -2.19. The van der Waals surface area contributed by atoms with Crippen molar-refractivity contribution in [1.82, 2.24) is 5.32 Å². The molecule has 0 aromatic heterocycles. The van der Waals surface area contributed by atoms with Gasteiger partial charge in [0.05, 0.1) is 20.8 Å². The molecule has 5 nitrogen and oxygen atoms in total. The maximum absolute atomic E-state index is 12.5. The second-order valence-corrected chi connectivity index (χ2v) is 10.1. The number of amides is 1. The SMILES string of the molecule is CCOc1cc(/C=C2/SC(=Nc3ccc(C)cc3)NC2=O)cc(I)c1OCc1cccc(C)c1. The molecule has 3 aromatic rings. The summed E-state index contributed by atoms with van der Waals surface area (Å²) in [4.78, 5) is 17.7. The van der Waals surface area contributed by atoms with Gasteiger partial charge in [-0.25, -0.2) is 4.99 Å². The Hall–Kier alpha value is -2.78. The standard InChI is InChI=1S/C27H25IN2O3S/c1-4-32-23-14-20(13-22(28)25(23)33-16-19-7-5-6-18(3)12-19)15-24-26(31)30-27(34-24)29-21-10-8-17(2)9-11-21/h5-15H,4,16H2,1-3H3,(H,29,30,31)/b24-15+. The van der Waals surface area contributed by atoms with Gasteiger partial charge in [0, 0.05) is 0 Å². The molecule has 34 heavy (non-hydrogen) atoms. The van der Waals surface area contributed by atoms with Gasteiger partial charge in [-0.3, -0.25) is 4.79 Å². The number of rotatable bonds is 7. The first-order valence-electron chi connectivity index (χ1n) is 10.9. The van der Waals surface area contributed by atoms with Crippen LogP contribution in [0.4, 0.5) is 5.69 Å². The van der Waals surface area contributed by atoms with Crippen LogP contribution in [-0.2, 0) is 11.4 Å². The van der Waals surface area contributed by atoms with E-state index in [1.165, 1.54) is 22.9 Å². The van der Waals surface area contributed by atoms with Crippen LogP contribution in [0, 0.1) is 17.4 Å². The lowest BCUT2D eigenvalue weighted by atomic mass is 10.1. The van der Waals surface area contributed by atoms with Gasteiger partial charge in [0.15, 0.2) is 16.7 Å². The average Bonchev–Trinajstić information content (AvgIpc) is 3.13. The minimum absolute atomic E-state index is 0.163. The summed E-state index contributed by atoms with van der Waals surface area (Å²) in [6, 6.07) is 20.0. The average molecular weight is 584 g/mol. The minimum Gasteiger partial charge on any atom is -0.490 e. The zero-order valence-electron chi connectivity index (χ0n) is 19.2. The molecule has 3 aromatic carbocycles. The first-order chi connectivity index (χ1) is 16.4. The van der Waals surface area contributed by atoms with Crippen LogP contribution in [0.1, 0.15) is 29.2 Å². The van der Waals surface area contributed by atoms with Crippen molar-refractivity contribution in [3.63, 3.8) is 0 Å². The van der Waals surface area contributed by atoms with Crippen LogP contribution in [0.25, 0.3) is 6.08 Å². The summed E-state index contributed by atoms with van der Waals surface area (Å²) in [6.45, 7) is 7.00. The van der Waals surface area contributed by atoms with E-state index in [1.54, 1.807) is 0 Å².